The van der Waals surface area contributed by atoms with Crippen LogP contribution in [0.1, 0.15) is 12.8 Å². The highest BCUT2D eigenvalue weighted by atomic mass is 32.2. The second-order valence-corrected chi connectivity index (χ2v) is 5.22. The lowest BCUT2D eigenvalue weighted by atomic mass is 10.3. The molecular formula is C9H10N2O5S. The van der Waals surface area contributed by atoms with E-state index >= 15 is 0 Å². The summed E-state index contributed by atoms with van der Waals surface area (Å²) in [6.07, 6.45) is 1.55. The summed E-state index contributed by atoms with van der Waals surface area (Å²) in [6, 6.07) is 3.81. The summed E-state index contributed by atoms with van der Waals surface area (Å²) in [5.74, 6) is -0.0517. The molecule has 2 N–H and O–H groups in total. The minimum Gasteiger partial charge on any atom is -0.489 e. The van der Waals surface area contributed by atoms with Crippen molar-refractivity contribution in [1.29, 1.82) is 0 Å². The van der Waals surface area contributed by atoms with Crippen LogP contribution in [0, 0.1) is 10.1 Å². The number of rotatable bonds is 4. The summed E-state index contributed by atoms with van der Waals surface area (Å²) < 4.78 is 28.1. The van der Waals surface area contributed by atoms with E-state index in [4.69, 9.17) is 9.88 Å². The maximum absolute atomic E-state index is 11.4. The molecule has 0 heterocycles. The van der Waals surface area contributed by atoms with Gasteiger partial charge in [-0.25, -0.2) is 13.6 Å². The third-order valence-electron chi connectivity index (χ3n) is 2.26. The summed E-state index contributed by atoms with van der Waals surface area (Å²) in [7, 11) is -4.19. The molecule has 0 radical (unpaired) electrons. The number of hydrogen-bond donors (Lipinski definition) is 1. The van der Waals surface area contributed by atoms with Gasteiger partial charge in [-0.1, -0.05) is 6.07 Å². The molecule has 0 aromatic heterocycles. The van der Waals surface area contributed by atoms with E-state index in [9.17, 15) is 18.5 Å². The van der Waals surface area contributed by atoms with Crippen LogP contribution in [0.3, 0.4) is 0 Å². The molecule has 0 saturated heterocycles. The van der Waals surface area contributed by atoms with Gasteiger partial charge in [-0.15, -0.1) is 0 Å². The number of nitrogens with zero attached hydrogens (tertiary/aromatic N) is 1. The molecule has 1 fully saturated rings. The molecule has 1 aliphatic rings. The summed E-state index contributed by atoms with van der Waals surface area (Å²) in [4.78, 5) is 9.40. The molecule has 17 heavy (non-hydrogen) atoms. The lowest BCUT2D eigenvalue weighted by Gasteiger charge is -2.09. The highest BCUT2D eigenvalue weighted by molar-refractivity contribution is 7.89. The van der Waals surface area contributed by atoms with E-state index in [1.54, 1.807) is 0 Å². The number of nitrogens with two attached hydrogens (primary N) is 1. The fourth-order valence-electron chi connectivity index (χ4n) is 1.39. The van der Waals surface area contributed by atoms with Crippen LogP contribution in [0.15, 0.2) is 23.1 Å². The van der Waals surface area contributed by atoms with Gasteiger partial charge in [0.1, 0.15) is 5.75 Å². The van der Waals surface area contributed by atoms with Crippen LogP contribution in [0.25, 0.3) is 0 Å². The Bertz CT molecular complexity index is 565. The Kier molecular flexibility index (Phi) is 2.76. The lowest BCUT2D eigenvalue weighted by Crippen LogP contribution is -2.16. The molecule has 0 aliphatic heterocycles. The Labute approximate surface area is 97.4 Å². The molecule has 1 saturated carbocycles. The maximum Gasteiger partial charge on any atom is 0.293 e. The van der Waals surface area contributed by atoms with Crippen LogP contribution in [0.4, 0.5) is 5.69 Å². The Balaban J connectivity index is 2.57. The zero-order chi connectivity index (χ0) is 12.6. The Hall–Kier alpha value is -1.67. The highest BCUT2D eigenvalue weighted by Gasteiger charge is 2.31. The van der Waals surface area contributed by atoms with Gasteiger partial charge in [0, 0.05) is 6.07 Å². The third kappa shape index (κ3) is 2.53. The third-order valence-corrected chi connectivity index (χ3v) is 3.24. The topological polar surface area (TPSA) is 113 Å². The predicted octanol–water partition coefficient (Wildman–Crippen LogP) is 0.783. The van der Waals surface area contributed by atoms with Gasteiger partial charge in [0.05, 0.1) is 11.0 Å². The zero-order valence-corrected chi connectivity index (χ0v) is 9.51. The maximum atomic E-state index is 11.4. The standard InChI is InChI=1S/C9H10N2O5S/c10-17(14,15)9-7(11(12)13)2-1-3-8(9)16-6-4-5-6/h1-3,6H,4-5H2,(H2,10,14,15). The molecule has 8 heteroatoms. The van der Waals surface area contributed by atoms with E-state index in [1.807, 2.05) is 0 Å². The van der Waals surface area contributed by atoms with E-state index in [1.165, 1.54) is 12.1 Å². The first kappa shape index (κ1) is 11.8. The van der Waals surface area contributed by atoms with Gasteiger partial charge in [0.2, 0.25) is 14.9 Å². The van der Waals surface area contributed by atoms with E-state index in [0.717, 1.165) is 18.9 Å². The van der Waals surface area contributed by atoms with E-state index < -0.39 is 25.5 Å². The number of benzene rings is 1. The second kappa shape index (κ2) is 3.97. The molecule has 0 unspecified atom stereocenters. The van der Waals surface area contributed by atoms with Crippen molar-refractivity contribution in [3.63, 3.8) is 0 Å². The van der Waals surface area contributed by atoms with Crippen molar-refractivity contribution in [3.05, 3.63) is 28.3 Å². The van der Waals surface area contributed by atoms with Crippen LogP contribution in [0.2, 0.25) is 0 Å². The molecule has 0 amide bonds. The van der Waals surface area contributed by atoms with Crippen molar-refractivity contribution in [1.82, 2.24) is 0 Å². The molecule has 1 aromatic carbocycles. The second-order valence-electron chi connectivity index (χ2n) is 3.72. The predicted molar refractivity (Wildman–Crippen MR) is 58.1 cm³/mol. The minimum absolute atomic E-state index is 0.0517. The molecular weight excluding hydrogens is 248 g/mol. The largest absolute Gasteiger partial charge is 0.489 e. The zero-order valence-electron chi connectivity index (χ0n) is 8.70. The van der Waals surface area contributed by atoms with Gasteiger partial charge in [0.15, 0.2) is 0 Å². The summed E-state index contributed by atoms with van der Waals surface area (Å²) >= 11 is 0. The van der Waals surface area contributed by atoms with Crippen LogP contribution < -0.4 is 9.88 Å². The van der Waals surface area contributed by atoms with Crippen molar-refractivity contribution in [3.8, 4) is 5.75 Å². The number of nitro groups is 1. The van der Waals surface area contributed by atoms with Crippen LogP contribution >= 0.6 is 0 Å². The smallest absolute Gasteiger partial charge is 0.293 e. The van der Waals surface area contributed by atoms with Crippen LogP contribution in [-0.4, -0.2) is 19.4 Å². The first-order valence-electron chi connectivity index (χ1n) is 4.86. The number of hydrogen-bond acceptors (Lipinski definition) is 5. The first-order valence-corrected chi connectivity index (χ1v) is 6.41. The minimum atomic E-state index is -4.19. The fraction of sp³-hybridized carbons (Fsp3) is 0.333. The van der Waals surface area contributed by atoms with Gasteiger partial charge >= 0.3 is 0 Å². The normalized spacial score (nSPS) is 15.6. The molecule has 92 valence electrons. The number of ether oxygens (including phenoxy) is 1. The first-order chi connectivity index (χ1) is 7.89. The molecule has 2 rings (SSSR count). The van der Waals surface area contributed by atoms with Crippen molar-refractivity contribution < 1.29 is 18.1 Å². The number of primary sulfonamides is 1. The van der Waals surface area contributed by atoms with Gasteiger partial charge < -0.3 is 4.74 Å². The van der Waals surface area contributed by atoms with Crippen molar-refractivity contribution in [2.24, 2.45) is 5.14 Å². The molecule has 0 atom stereocenters. The van der Waals surface area contributed by atoms with Gasteiger partial charge in [-0.05, 0) is 18.9 Å². The molecule has 7 nitrogen and oxygen atoms in total. The van der Waals surface area contributed by atoms with E-state index in [0.29, 0.717) is 0 Å². The van der Waals surface area contributed by atoms with Crippen LogP contribution in [-0.2, 0) is 10.0 Å². The monoisotopic (exact) mass is 258 g/mol. The fourth-order valence-corrected chi connectivity index (χ4v) is 2.22. The van der Waals surface area contributed by atoms with Crippen molar-refractivity contribution >= 4 is 15.7 Å². The quantitative estimate of drug-likeness (QED) is 0.633. The average Bonchev–Trinajstić information content (AvgIpc) is 2.99. The number of sulfonamides is 1. The van der Waals surface area contributed by atoms with Crippen molar-refractivity contribution in [2.75, 3.05) is 0 Å². The number of nitro benzene ring substituents is 1. The summed E-state index contributed by atoms with van der Waals surface area (Å²) in [6.45, 7) is 0. The lowest BCUT2D eigenvalue weighted by molar-refractivity contribution is -0.388. The van der Waals surface area contributed by atoms with Crippen LogP contribution in [0.5, 0.6) is 5.75 Å². The SMILES string of the molecule is NS(=O)(=O)c1c(OC2CC2)cccc1[N+](=O)[O-]. The van der Waals surface area contributed by atoms with E-state index in [-0.39, 0.29) is 11.9 Å². The van der Waals surface area contributed by atoms with Gasteiger partial charge in [0.25, 0.3) is 5.69 Å². The molecule has 0 spiro atoms. The Morgan fingerprint density at radius 1 is 1.41 bits per heavy atom. The van der Waals surface area contributed by atoms with Gasteiger partial charge in [-0.3, -0.25) is 10.1 Å². The summed E-state index contributed by atoms with van der Waals surface area (Å²) in [5, 5.41) is 15.7. The van der Waals surface area contributed by atoms with Crippen molar-refractivity contribution in [2.45, 2.75) is 23.8 Å². The Morgan fingerprint density at radius 2 is 2.06 bits per heavy atom. The molecule has 0 bridgehead atoms. The molecule has 1 aliphatic carbocycles. The summed E-state index contributed by atoms with van der Waals surface area (Å²) in [5.41, 5.74) is -0.564. The Morgan fingerprint density at radius 3 is 2.53 bits per heavy atom. The van der Waals surface area contributed by atoms with E-state index in [2.05, 4.69) is 0 Å². The van der Waals surface area contributed by atoms with Gasteiger partial charge in [-0.2, -0.15) is 0 Å². The highest BCUT2D eigenvalue weighted by Crippen LogP contribution is 2.35. The molecule has 1 aromatic rings. The average molecular weight is 258 g/mol.